The van der Waals surface area contributed by atoms with Gasteiger partial charge in [-0.2, -0.15) is 0 Å². The molecule has 2 aliphatic rings. The molecule has 0 aromatic rings. The van der Waals surface area contributed by atoms with Crippen LogP contribution >= 0.6 is 0 Å². The van der Waals surface area contributed by atoms with Gasteiger partial charge in [-0.3, -0.25) is 4.79 Å². The lowest BCUT2D eigenvalue weighted by atomic mass is 10.1. The Kier molecular flexibility index (Phi) is 3.26. The predicted octanol–water partition coefficient (Wildman–Crippen LogP) is 0.395. The van der Waals surface area contributed by atoms with Crippen LogP contribution in [0.4, 0.5) is 0 Å². The highest BCUT2D eigenvalue weighted by atomic mass is 16.5. The Morgan fingerprint density at radius 1 is 1.47 bits per heavy atom. The first-order chi connectivity index (χ1) is 7.20. The molecule has 4 heteroatoms. The number of amides is 1. The molecule has 0 spiro atoms. The molecule has 0 saturated carbocycles. The highest BCUT2D eigenvalue weighted by molar-refractivity contribution is 5.81. The summed E-state index contributed by atoms with van der Waals surface area (Å²) in [5.74, 6) is 0.392. The summed E-state index contributed by atoms with van der Waals surface area (Å²) in [6, 6.07) is 0. The Bertz CT molecular complexity index is 244. The first kappa shape index (κ1) is 10.9. The van der Waals surface area contributed by atoms with E-state index in [4.69, 9.17) is 9.84 Å². The van der Waals surface area contributed by atoms with Crippen molar-refractivity contribution in [2.75, 3.05) is 19.7 Å². The number of hydrogen-bond acceptors (Lipinski definition) is 3. The number of carbonyl (C=O) groups excluding carboxylic acids is 1. The fourth-order valence-corrected chi connectivity index (χ4v) is 2.37. The fraction of sp³-hybridized carbons (Fsp3) is 0.909. The fourth-order valence-electron chi connectivity index (χ4n) is 2.37. The van der Waals surface area contributed by atoms with Crippen molar-refractivity contribution in [3.63, 3.8) is 0 Å². The predicted molar refractivity (Wildman–Crippen MR) is 55.3 cm³/mol. The number of rotatable bonds is 2. The molecular formula is C11H19NO3. The minimum absolute atomic E-state index is 0.121. The standard InChI is InChI=1S/C11H19NO3/c1-8-2-3-10(15-8)11(14)12-5-4-9(6-12)7-13/h8-10,13H,2-7H2,1H3. The average Bonchev–Trinajstić information content (AvgIpc) is 2.84. The maximum Gasteiger partial charge on any atom is 0.251 e. The third-order valence-corrected chi connectivity index (χ3v) is 3.36. The summed E-state index contributed by atoms with van der Waals surface area (Å²) in [4.78, 5) is 13.8. The highest BCUT2D eigenvalue weighted by Gasteiger charge is 2.34. The van der Waals surface area contributed by atoms with Gasteiger partial charge in [0.05, 0.1) is 6.10 Å². The second-order valence-corrected chi connectivity index (χ2v) is 4.63. The van der Waals surface area contributed by atoms with Crippen LogP contribution in [0.15, 0.2) is 0 Å². The Balaban J connectivity index is 1.86. The van der Waals surface area contributed by atoms with E-state index in [9.17, 15) is 4.79 Å². The van der Waals surface area contributed by atoms with Gasteiger partial charge in [0.1, 0.15) is 6.10 Å². The molecule has 2 fully saturated rings. The maximum atomic E-state index is 12.0. The van der Waals surface area contributed by atoms with Crippen LogP contribution in [-0.2, 0) is 9.53 Å². The van der Waals surface area contributed by atoms with E-state index in [0.29, 0.717) is 6.54 Å². The number of likely N-dealkylation sites (tertiary alicyclic amines) is 1. The molecule has 1 N–H and O–H groups in total. The Hall–Kier alpha value is -0.610. The zero-order valence-corrected chi connectivity index (χ0v) is 9.19. The number of ether oxygens (including phenoxy) is 1. The molecule has 0 aromatic carbocycles. The molecule has 0 aliphatic carbocycles. The van der Waals surface area contributed by atoms with Gasteiger partial charge in [0, 0.05) is 25.6 Å². The van der Waals surface area contributed by atoms with E-state index in [1.165, 1.54) is 0 Å². The molecule has 0 radical (unpaired) electrons. The second kappa shape index (κ2) is 4.49. The van der Waals surface area contributed by atoms with Crippen molar-refractivity contribution in [2.24, 2.45) is 5.92 Å². The van der Waals surface area contributed by atoms with Crippen LogP contribution in [0, 0.1) is 5.92 Å². The van der Waals surface area contributed by atoms with Gasteiger partial charge in [-0.1, -0.05) is 0 Å². The first-order valence-corrected chi connectivity index (χ1v) is 5.76. The number of aliphatic hydroxyl groups is 1. The number of nitrogens with zero attached hydrogens (tertiary/aromatic N) is 1. The maximum absolute atomic E-state index is 12.0. The summed E-state index contributed by atoms with van der Waals surface area (Å²) >= 11 is 0. The van der Waals surface area contributed by atoms with Gasteiger partial charge >= 0.3 is 0 Å². The number of carbonyl (C=O) groups is 1. The summed E-state index contributed by atoms with van der Waals surface area (Å²) in [7, 11) is 0. The third kappa shape index (κ3) is 2.32. The van der Waals surface area contributed by atoms with Crippen LogP contribution in [0.3, 0.4) is 0 Å². The minimum atomic E-state index is -0.225. The Morgan fingerprint density at radius 3 is 2.80 bits per heavy atom. The molecule has 86 valence electrons. The van der Waals surface area contributed by atoms with Crippen molar-refractivity contribution in [3.8, 4) is 0 Å². The van der Waals surface area contributed by atoms with Crippen LogP contribution < -0.4 is 0 Å². The van der Waals surface area contributed by atoms with Crippen LogP contribution in [0.25, 0.3) is 0 Å². The molecule has 2 heterocycles. The van der Waals surface area contributed by atoms with Crippen molar-refractivity contribution in [1.82, 2.24) is 4.90 Å². The SMILES string of the molecule is CC1CCC(C(=O)N2CCC(CO)C2)O1. The summed E-state index contributed by atoms with van der Waals surface area (Å²) in [6.07, 6.45) is 2.74. The smallest absolute Gasteiger partial charge is 0.251 e. The van der Waals surface area contributed by atoms with Crippen LogP contribution in [-0.4, -0.2) is 47.8 Å². The van der Waals surface area contributed by atoms with E-state index in [0.717, 1.165) is 25.8 Å². The molecule has 2 aliphatic heterocycles. The Morgan fingerprint density at radius 2 is 2.27 bits per heavy atom. The van der Waals surface area contributed by atoms with Crippen molar-refractivity contribution in [2.45, 2.75) is 38.4 Å². The topological polar surface area (TPSA) is 49.8 Å². The molecule has 1 amide bonds. The molecule has 4 nitrogen and oxygen atoms in total. The molecule has 0 bridgehead atoms. The summed E-state index contributed by atoms with van der Waals surface area (Å²) in [6.45, 7) is 3.67. The molecule has 2 rings (SSSR count). The lowest BCUT2D eigenvalue weighted by Gasteiger charge is -2.20. The lowest BCUT2D eigenvalue weighted by molar-refractivity contribution is -0.141. The number of hydrogen-bond donors (Lipinski definition) is 1. The van der Waals surface area contributed by atoms with Crippen molar-refractivity contribution < 1.29 is 14.6 Å². The van der Waals surface area contributed by atoms with Crippen LogP contribution in [0.1, 0.15) is 26.2 Å². The van der Waals surface area contributed by atoms with Gasteiger partial charge in [-0.15, -0.1) is 0 Å². The normalized spacial score (nSPS) is 36.1. The molecule has 3 atom stereocenters. The van der Waals surface area contributed by atoms with E-state index in [-0.39, 0.29) is 30.6 Å². The molecule has 15 heavy (non-hydrogen) atoms. The quantitative estimate of drug-likeness (QED) is 0.722. The minimum Gasteiger partial charge on any atom is -0.396 e. The lowest BCUT2D eigenvalue weighted by Crippen LogP contribution is -2.37. The molecule has 0 aromatic heterocycles. The van der Waals surface area contributed by atoms with E-state index >= 15 is 0 Å². The highest BCUT2D eigenvalue weighted by Crippen LogP contribution is 2.24. The monoisotopic (exact) mass is 213 g/mol. The van der Waals surface area contributed by atoms with Crippen LogP contribution in [0.5, 0.6) is 0 Å². The van der Waals surface area contributed by atoms with Crippen molar-refractivity contribution in [3.05, 3.63) is 0 Å². The van der Waals surface area contributed by atoms with Crippen molar-refractivity contribution >= 4 is 5.91 Å². The zero-order chi connectivity index (χ0) is 10.8. The van der Waals surface area contributed by atoms with Gasteiger partial charge < -0.3 is 14.7 Å². The van der Waals surface area contributed by atoms with E-state index in [1.807, 2.05) is 11.8 Å². The first-order valence-electron chi connectivity index (χ1n) is 5.76. The Labute approximate surface area is 90.2 Å². The van der Waals surface area contributed by atoms with Gasteiger partial charge in [-0.05, 0) is 26.2 Å². The molecular weight excluding hydrogens is 194 g/mol. The number of aliphatic hydroxyl groups excluding tert-OH is 1. The summed E-state index contributed by atoms with van der Waals surface area (Å²) < 4.78 is 5.55. The van der Waals surface area contributed by atoms with E-state index in [2.05, 4.69) is 0 Å². The molecule has 3 unspecified atom stereocenters. The van der Waals surface area contributed by atoms with Gasteiger partial charge in [-0.25, -0.2) is 0 Å². The van der Waals surface area contributed by atoms with Crippen molar-refractivity contribution in [1.29, 1.82) is 0 Å². The van der Waals surface area contributed by atoms with E-state index < -0.39 is 0 Å². The van der Waals surface area contributed by atoms with Crippen LogP contribution in [0.2, 0.25) is 0 Å². The molecule has 2 saturated heterocycles. The van der Waals surface area contributed by atoms with Gasteiger partial charge in [0.25, 0.3) is 5.91 Å². The van der Waals surface area contributed by atoms with Gasteiger partial charge in [0.15, 0.2) is 0 Å². The summed E-state index contributed by atoms with van der Waals surface area (Å²) in [5.41, 5.74) is 0. The van der Waals surface area contributed by atoms with Gasteiger partial charge in [0.2, 0.25) is 0 Å². The summed E-state index contributed by atoms with van der Waals surface area (Å²) in [5, 5.41) is 9.00. The van der Waals surface area contributed by atoms with E-state index in [1.54, 1.807) is 0 Å². The largest absolute Gasteiger partial charge is 0.396 e. The zero-order valence-electron chi connectivity index (χ0n) is 9.19. The average molecular weight is 213 g/mol. The second-order valence-electron chi connectivity index (χ2n) is 4.63. The third-order valence-electron chi connectivity index (χ3n) is 3.36.